The fourth-order valence-corrected chi connectivity index (χ4v) is 2.29. The average Bonchev–Trinajstić information content (AvgIpc) is 3.23. The highest BCUT2D eigenvalue weighted by Gasteiger charge is 2.14. The summed E-state index contributed by atoms with van der Waals surface area (Å²) in [5.41, 5.74) is 0.899. The van der Waals surface area contributed by atoms with Crippen LogP contribution in [0.2, 0.25) is 0 Å². The molecule has 0 saturated heterocycles. The van der Waals surface area contributed by atoms with Gasteiger partial charge in [-0.2, -0.15) is 10.1 Å². The van der Waals surface area contributed by atoms with E-state index < -0.39 is 5.91 Å². The molecule has 8 nitrogen and oxygen atoms in total. The van der Waals surface area contributed by atoms with Gasteiger partial charge in [-0.3, -0.25) is 9.48 Å². The molecular formula is C16H12FN7O. The molecule has 1 amide bonds. The van der Waals surface area contributed by atoms with Crippen LogP contribution in [0.4, 0.5) is 10.2 Å². The number of nitrogens with one attached hydrogen (secondary N) is 1. The molecule has 3 aromatic heterocycles. The van der Waals surface area contributed by atoms with E-state index in [0.29, 0.717) is 18.1 Å². The monoisotopic (exact) mass is 337 g/mol. The van der Waals surface area contributed by atoms with Gasteiger partial charge in [0.2, 0.25) is 5.82 Å². The number of nitrogens with zero attached hydrogens (tertiary/aromatic N) is 6. The van der Waals surface area contributed by atoms with Crippen molar-refractivity contribution in [2.75, 3.05) is 5.32 Å². The van der Waals surface area contributed by atoms with Crippen molar-refractivity contribution < 1.29 is 9.18 Å². The highest BCUT2D eigenvalue weighted by molar-refractivity contribution is 6.01. The van der Waals surface area contributed by atoms with Gasteiger partial charge in [0.25, 0.3) is 11.7 Å². The molecule has 1 aromatic carbocycles. The third-order valence-corrected chi connectivity index (χ3v) is 3.46. The number of rotatable bonds is 4. The van der Waals surface area contributed by atoms with Gasteiger partial charge in [-0.1, -0.05) is 12.1 Å². The Morgan fingerprint density at radius 1 is 1.12 bits per heavy atom. The van der Waals surface area contributed by atoms with Crippen molar-refractivity contribution in [3.05, 3.63) is 72.2 Å². The van der Waals surface area contributed by atoms with Gasteiger partial charge in [-0.25, -0.2) is 13.9 Å². The fraction of sp³-hybridized carbons (Fsp3) is 0.0625. The first-order chi connectivity index (χ1) is 12.2. The Balaban J connectivity index is 1.46. The van der Waals surface area contributed by atoms with Crippen LogP contribution in [-0.4, -0.2) is 35.3 Å². The number of carbonyl (C=O) groups is 1. The topological polar surface area (TPSA) is 90.0 Å². The Kier molecular flexibility index (Phi) is 3.65. The molecule has 0 radical (unpaired) electrons. The predicted octanol–water partition coefficient (Wildman–Crippen LogP) is 1.76. The van der Waals surface area contributed by atoms with Gasteiger partial charge in [0, 0.05) is 24.7 Å². The maximum Gasteiger partial charge on any atom is 0.296 e. The van der Waals surface area contributed by atoms with Gasteiger partial charge in [0.15, 0.2) is 5.82 Å². The van der Waals surface area contributed by atoms with Crippen LogP contribution in [-0.2, 0) is 6.54 Å². The van der Waals surface area contributed by atoms with Gasteiger partial charge in [0.1, 0.15) is 5.82 Å². The molecule has 124 valence electrons. The second-order valence-corrected chi connectivity index (χ2v) is 5.28. The minimum atomic E-state index is -0.475. The van der Waals surface area contributed by atoms with E-state index in [1.165, 1.54) is 16.6 Å². The van der Waals surface area contributed by atoms with E-state index in [2.05, 4.69) is 25.5 Å². The van der Waals surface area contributed by atoms with Gasteiger partial charge in [-0.15, -0.1) is 5.10 Å². The van der Waals surface area contributed by atoms with Crippen LogP contribution in [0.5, 0.6) is 0 Å². The second kappa shape index (κ2) is 6.11. The van der Waals surface area contributed by atoms with Crippen molar-refractivity contribution in [2.24, 2.45) is 0 Å². The van der Waals surface area contributed by atoms with Crippen molar-refractivity contribution in [2.45, 2.75) is 6.54 Å². The first-order valence-corrected chi connectivity index (χ1v) is 7.44. The Bertz CT molecular complexity index is 1010. The summed E-state index contributed by atoms with van der Waals surface area (Å²) in [7, 11) is 0. The summed E-state index contributed by atoms with van der Waals surface area (Å²) >= 11 is 0. The Hall–Kier alpha value is -3.62. The number of carbonyl (C=O) groups excluding carboxylic acids is 1. The lowest BCUT2D eigenvalue weighted by atomic mass is 10.2. The number of hydrogen-bond acceptors (Lipinski definition) is 5. The summed E-state index contributed by atoms with van der Waals surface area (Å²) < 4.78 is 16.0. The van der Waals surface area contributed by atoms with Crippen LogP contribution in [0.15, 0.2) is 55.0 Å². The van der Waals surface area contributed by atoms with E-state index in [4.69, 9.17) is 0 Å². The molecule has 0 unspecified atom stereocenters. The van der Waals surface area contributed by atoms with E-state index in [9.17, 15) is 9.18 Å². The van der Waals surface area contributed by atoms with Crippen LogP contribution in [0, 0.1) is 5.82 Å². The van der Waals surface area contributed by atoms with Crippen LogP contribution in [0.3, 0.4) is 0 Å². The summed E-state index contributed by atoms with van der Waals surface area (Å²) in [5, 5.41) is 11.0. The lowest BCUT2D eigenvalue weighted by Crippen LogP contribution is -2.14. The Morgan fingerprint density at radius 3 is 2.76 bits per heavy atom. The van der Waals surface area contributed by atoms with Gasteiger partial charge < -0.3 is 5.32 Å². The van der Waals surface area contributed by atoms with Crippen LogP contribution in [0.25, 0.3) is 5.78 Å². The SMILES string of the molecule is O=C(Nc1ccn(Cc2ccc(F)cc2)n1)c1nc2ncccn2n1. The minimum absolute atomic E-state index is 0.00628. The molecule has 25 heavy (non-hydrogen) atoms. The zero-order chi connectivity index (χ0) is 17.2. The fourth-order valence-electron chi connectivity index (χ4n) is 2.29. The molecule has 0 fully saturated rings. The van der Waals surface area contributed by atoms with Crippen LogP contribution >= 0.6 is 0 Å². The van der Waals surface area contributed by atoms with Crippen molar-refractivity contribution in [3.63, 3.8) is 0 Å². The highest BCUT2D eigenvalue weighted by atomic mass is 19.1. The molecule has 1 N–H and O–H groups in total. The third kappa shape index (κ3) is 3.20. The van der Waals surface area contributed by atoms with E-state index in [0.717, 1.165) is 5.56 Å². The lowest BCUT2D eigenvalue weighted by molar-refractivity contribution is 0.101. The van der Waals surface area contributed by atoms with Crippen molar-refractivity contribution in [1.82, 2.24) is 29.4 Å². The van der Waals surface area contributed by atoms with Crippen LogP contribution < -0.4 is 5.32 Å². The maximum atomic E-state index is 12.9. The van der Waals surface area contributed by atoms with E-state index in [-0.39, 0.29) is 11.6 Å². The standard InChI is InChI=1S/C16H12FN7O/c17-12-4-2-11(3-5-12)10-23-9-6-13(21-23)19-15(25)14-20-16-18-7-1-8-24(16)22-14/h1-9H,10H2,(H,19,21,25). The van der Waals surface area contributed by atoms with Gasteiger partial charge in [-0.05, 0) is 23.8 Å². The summed E-state index contributed by atoms with van der Waals surface area (Å²) in [5.74, 6) is -0.0376. The summed E-state index contributed by atoms with van der Waals surface area (Å²) in [6.45, 7) is 0.465. The largest absolute Gasteiger partial charge is 0.302 e. The van der Waals surface area contributed by atoms with Crippen molar-refractivity contribution >= 4 is 17.5 Å². The molecule has 0 aliphatic carbocycles. The molecular weight excluding hydrogens is 325 g/mol. The Morgan fingerprint density at radius 2 is 1.96 bits per heavy atom. The summed E-state index contributed by atoms with van der Waals surface area (Å²) in [6.07, 6.45) is 4.95. The molecule has 0 aliphatic rings. The summed E-state index contributed by atoms with van der Waals surface area (Å²) in [4.78, 5) is 20.3. The normalized spacial score (nSPS) is 10.9. The zero-order valence-electron chi connectivity index (χ0n) is 12.9. The lowest BCUT2D eigenvalue weighted by Gasteiger charge is -2.02. The van der Waals surface area contributed by atoms with E-state index in [1.54, 1.807) is 47.5 Å². The highest BCUT2D eigenvalue weighted by Crippen LogP contribution is 2.09. The number of benzene rings is 1. The quantitative estimate of drug-likeness (QED) is 0.613. The second-order valence-electron chi connectivity index (χ2n) is 5.28. The number of fused-ring (bicyclic) bond motifs is 1. The molecule has 0 atom stereocenters. The molecule has 9 heteroatoms. The number of anilines is 1. The summed E-state index contributed by atoms with van der Waals surface area (Å²) in [6, 6.07) is 9.51. The first kappa shape index (κ1) is 14.9. The van der Waals surface area contributed by atoms with Crippen molar-refractivity contribution in [3.8, 4) is 0 Å². The van der Waals surface area contributed by atoms with Crippen molar-refractivity contribution in [1.29, 1.82) is 0 Å². The van der Waals surface area contributed by atoms with Crippen LogP contribution in [0.1, 0.15) is 16.2 Å². The Labute approximate surface area is 141 Å². The molecule has 3 heterocycles. The maximum absolute atomic E-state index is 12.9. The molecule has 0 spiro atoms. The molecule has 0 saturated carbocycles. The number of amides is 1. The van der Waals surface area contributed by atoms with E-state index in [1.807, 2.05) is 0 Å². The predicted molar refractivity (Wildman–Crippen MR) is 86.5 cm³/mol. The molecule has 4 rings (SSSR count). The molecule has 0 aliphatic heterocycles. The average molecular weight is 337 g/mol. The van der Waals surface area contributed by atoms with Gasteiger partial charge >= 0.3 is 0 Å². The smallest absolute Gasteiger partial charge is 0.296 e. The van der Waals surface area contributed by atoms with Gasteiger partial charge in [0.05, 0.1) is 6.54 Å². The molecule has 0 bridgehead atoms. The molecule has 4 aromatic rings. The number of halogens is 1. The zero-order valence-corrected chi connectivity index (χ0v) is 12.9. The number of aromatic nitrogens is 6. The van der Waals surface area contributed by atoms with E-state index >= 15 is 0 Å². The third-order valence-electron chi connectivity index (χ3n) is 3.46. The first-order valence-electron chi connectivity index (χ1n) is 7.44. The number of hydrogen-bond donors (Lipinski definition) is 1. The minimum Gasteiger partial charge on any atom is -0.302 e.